The van der Waals surface area contributed by atoms with Gasteiger partial charge in [0.1, 0.15) is 23.3 Å². The van der Waals surface area contributed by atoms with Crippen LogP contribution in [0.25, 0.3) is 0 Å². The molecular weight excluding hydrogens is 338 g/mol. The number of ketones is 1. The second-order valence-electron chi connectivity index (χ2n) is 6.43. The number of nitrogen functional groups attached to an aromatic ring is 1. The van der Waals surface area contributed by atoms with Crippen molar-refractivity contribution < 1.29 is 9.32 Å². The lowest BCUT2D eigenvalue weighted by Gasteiger charge is -2.25. The van der Waals surface area contributed by atoms with Crippen molar-refractivity contribution in [2.45, 2.75) is 39.3 Å². The number of piperidine rings is 1. The topological polar surface area (TPSA) is 116 Å². The molecule has 0 aromatic carbocycles. The molecule has 140 valence electrons. The monoisotopic (exact) mass is 361 g/mol. The Hall–Kier alpha value is -2.68. The first kappa shape index (κ1) is 18.1. The lowest BCUT2D eigenvalue weighted by atomic mass is 10.1. The van der Waals surface area contributed by atoms with E-state index in [2.05, 4.69) is 5.16 Å². The highest BCUT2D eigenvalue weighted by Crippen LogP contribution is 2.12. The predicted octanol–water partition coefficient (Wildman–Crippen LogP) is 0.317. The van der Waals surface area contributed by atoms with Gasteiger partial charge in [0.2, 0.25) is 0 Å². The Morgan fingerprint density at radius 1 is 1.23 bits per heavy atom. The van der Waals surface area contributed by atoms with E-state index in [0.717, 1.165) is 36.9 Å². The van der Waals surface area contributed by atoms with E-state index in [1.54, 1.807) is 13.0 Å². The van der Waals surface area contributed by atoms with Crippen LogP contribution in [0.1, 0.15) is 42.2 Å². The van der Waals surface area contributed by atoms with E-state index in [4.69, 9.17) is 10.3 Å². The summed E-state index contributed by atoms with van der Waals surface area (Å²) in [4.78, 5) is 40.3. The highest BCUT2D eigenvalue weighted by Gasteiger charge is 2.24. The number of hydrogen-bond donors (Lipinski definition) is 1. The SMILES string of the molecule is CCn1c(N)c(C(=O)CN2CCCCC2)c(=O)n(Cc2ccon2)c1=O. The average molecular weight is 361 g/mol. The summed E-state index contributed by atoms with van der Waals surface area (Å²) in [5.74, 6) is -0.425. The van der Waals surface area contributed by atoms with Crippen LogP contribution in [0.4, 0.5) is 5.82 Å². The lowest BCUT2D eigenvalue weighted by molar-refractivity contribution is 0.0913. The fourth-order valence-electron chi connectivity index (χ4n) is 3.30. The molecule has 2 N–H and O–H groups in total. The van der Waals surface area contributed by atoms with Crippen molar-refractivity contribution in [1.82, 2.24) is 19.2 Å². The zero-order valence-electron chi connectivity index (χ0n) is 14.8. The van der Waals surface area contributed by atoms with Gasteiger partial charge in [-0.1, -0.05) is 11.6 Å². The number of rotatable bonds is 6. The summed E-state index contributed by atoms with van der Waals surface area (Å²) in [6, 6.07) is 1.56. The van der Waals surface area contributed by atoms with Crippen molar-refractivity contribution in [3.63, 3.8) is 0 Å². The minimum atomic E-state index is -0.679. The second-order valence-corrected chi connectivity index (χ2v) is 6.43. The third-order valence-electron chi connectivity index (χ3n) is 4.69. The predicted molar refractivity (Wildman–Crippen MR) is 95.3 cm³/mol. The fourth-order valence-corrected chi connectivity index (χ4v) is 3.30. The first-order chi connectivity index (χ1) is 12.5. The molecule has 0 atom stereocenters. The van der Waals surface area contributed by atoms with E-state index in [9.17, 15) is 14.4 Å². The first-order valence-corrected chi connectivity index (χ1v) is 8.80. The van der Waals surface area contributed by atoms with Crippen molar-refractivity contribution in [3.05, 3.63) is 44.4 Å². The number of Topliss-reactive ketones (excluding diaryl/α,β-unsaturated/α-hetero) is 1. The molecule has 0 spiro atoms. The van der Waals surface area contributed by atoms with Gasteiger partial charge in [-0.05, 0) is 32.9 Å². The minimum absolute atomic E-state index is 0.0686. The number of nitrogens with two attached hydrogens (primary N) is 1. The highest BCUT2D eigenvalue weighted by molar-refractivity contribution is 6.01. The number of aromatic nitrogens is 3. The Kier molecular flexibility index (Phi) is 5.36. The van der Waals surface area contributed by atoms with E-state index >= 15 is 0 Å². The lowest BCUT2D eigenvalue weighted by Crippen LogP contribution is -2.45. The molecule has 0 unspecified atom stereocenters. The third-order valence-corrected chi connectivity index (χ3v) is 4.69. The minimum Gasteiger partial charge on any atom is -0.384 e. The summed E-state index contributed by atoms with van der Waals surface area (Å²) in [7, 11) is 0. The number of nitrogens with zero attached hydrogens (tertiary/aromatic N) is 4. The van der Waals surface area contributed by atoms with Gasteiger partial charge in [-0.3, -0.25) is 23.6 Å². The normalized spacial score (nSPS) is 15.3. The maximum absolute atomic E-state index is 12.9. The Bertz CT molecular complexity index is 891. The smallest absolute Gasteiger partial charge is 0.332 e. The van der Waals surface area contributed by atoms with Gasteiger partial charge < -0.3 is 10.3 Å². The molecule has 1 fully saturated rings. The molecule has 26 heavy (non-hydrogen) atoms. The summed E-state index contributed by atoms with van der Waals surface area (Å²) >= 11 is 0. The quantitative estimate of drug-likeness (QED) is 0.736. The molecular formula is C17H23N5O4. The van der Waals surface area contributed by atoms with E-state index in [1.165, 1.54) is 10.8 Å². The molecule has 0 aliphatic carbocycles. The van der Waals surface area contributed by atoms with Crippen LogP contribution in [0.2, 0.25) is 0 Å². The molecule has 2 aromatic heterocycles. The van der Waals surface area contributed by atoms with Gasteiger partial charge in [0.15, 0.2) is 5.78 Å². The zero-order chi connectivity index (χ0) is 18.7. The highest BCUT2D eigenvalue weighted by atomic mass is 16.5. The van der Waals surface area contributed by atoms with Crippen molar-refractivity contribution in [3.8, 4) is 0 Å². The summed E-state index contributed by atoms with van der Waals surface area (Å²) in [5, 5.41) is 3.73. The fraction of sp³-hybridized carbons (Fsp3) is 0.529. The average Bonchev–Trinajstić information content (AvgIpc) is 3.13. The van der Waals surface area contributed by atoms with E-state index < -0.39 is 11.2 Å². The molecule has 0 amide bonds. The zero-order valence-corrected chi connectivity index (χ0v) is 14.8. The molecule has 3 heterocycles. The van der Waals surface area contributed by atoms with Gasteiger partial charge in [-0.2, -0.15) is 0 Å². The van der Waals surface area contributed by atoms with Gasteiger partial charge in [-0.15, -0.1) is 0 Å². The Balaban J connectivity index is 2.01. The van der Waals surface area contributed by atoms with Crippen molar-refractivity contribution in [1.29, 1.82) is 0 Å². The third kappa shape index (κ3) is 3.48. The van der Waals surface area contributed by atoms with Crippen molar-refractivity contribution in [2.75, 3.05) is 25.4 Å². The van der Waals surface area contributed by atoms with E-state index in [-0.39, 0.29) is 36.8 Å². The van der Waals surface area contributed by atoms with Crippen LogP contribution in [-0.4, -0.2) is 44.6 Å². The second kappa shape index (κ2) is 7.69. The number of carbonyl (C=O) groups is 1. The number of hydrogen-bond acceptors (Lipinski definition) is 7. The molecule has 2 aromatic rings. The van der Waals surface area contributed by atoms with E-state index in [1.807, 2.05) is 4.90 Å². The van der Waals surface area contributed by atoms with Gasteiger partial charge in [0.05, 0.1) is 13.1 Å². The molecule has 1 aliphatic heterocycles. The van der Waals surface area contributed by atoms with Gasteiger partial charge in [0, 0.05) is 12.6 Å². The molecule has 0 bridgehead atoms. The van der Waals surface area contributed by atoms with Gasteiger partial charge in [0.25, 0.3) is 5.56 Å². The largest absolute Gasteiger partial charge is 0.384 e. The Morgan fingerprint density at radius 2 is 1.96 bits per heavy atom. The molecule has 9 nitrogen and oxygen atoms in total. The van der Waals surface area contributed by atoms with Crippen LogP contribution in [0.3, 0.4) is 0 Å². The molecule has 1 saturated heterocycles. The number of anilines is 1. The summed E-state index contributed by atoms with van der Waals surface area (Å²) in [5.41, 5.74) is 5.08. The van der Waals surface area contributed by atoms with Gasteiger partial charge >= 0.3 is 5.69 Å². The summed E-state index contributed by atoms with van der Waals surface area (Å²) < 4.78 is 6.98. The number of likely N-dealkylation sites (tertiary alicyclic amines) is 1. The first-order valence-electron chi connectivity index (χ1n) is 8.80. The molecule has 0 radical (unpaired) electrons. The van der Waals surface area contributed by atoms with Crippen LogP contribution in [0, 0.1) is 0 Å². The standard InChI is InChI=1S/C17H23N5O4/c1-2-21-15(18)14(13(23)11-20-7-4-3-5-8-20)16(24)22(17(21)25)10-12-6-9-26-19-12/h6,9H,2-5,7-8,10-11,18H2,1H3. The van der Waals surface area contributed by atoms with Crippen LogP contribution in [0.5, 0.6) is 0 Å². The van der Waals surface area contributed by atoms with Crippen molar-refractivity contribution in [2.24, 2.45) is 0 Å². The molecule has 0 saturated carbocycles. The Morgan fingerprint density at radius 3 is 2.58 bits per heavy atom. The summed E-state index contributed by atoms with van der Waals surface area (Å²) in [6.07, 6.45) is 4.58. The van der Waals surface area contributed by atoms with Crippen LogP contribution in [-0.2, 0) is 13.1 Å². The summed E-state index contributed by atoms with van der Waals surface area (Å²) in [6.45, 7) is 3.71. The van der Waals surface area contributed by atoms with Crippen molar-refractivity contribution >= 4 is 11.6 Å². The van der Waals surface area contributed by atoms with Gasteiger partial charge in [-0.25, -0.2) is 4.79 Å². The maximum atomic E-state index is 12.9. The van der Waals surface area contributed by atoms with Crippen LogP contribution in [0.15, 0.2) is 26.4 Å². The van der Waals surface area contributed by atoms with E-state index in [0.29, 0.717) is 5.69 Å². The molecule has 1 aliphatic rings. The molecule has 9 heteroatoms. The maximum Gasteiger partial charge on any atom is 0.332 e. The molecule has 3 rings (SSSR count). The van der Waals surface area contributed by atoms with Crippen LogP contribution < -0.4 is 17.0 Å². The number of carbonyl (C=O) groups excluding carboxylic acids is 1. The van der Waals surface area contributed by atoms with Crippen LogP contribution >= 0.6 is 0 Å². The Labute approximate surface area is 150 Å².